The predicted octanol–water partition coefficient (Wildman–Crippen LogP) is 4.32. The molecule has 1 saturated heterocycles. The van der Waals surface area contributed by atoms with Gasteiger partial charge in [-0.3, -0.25) is 4.79 Å². The Kier molecular flexibility index (Phi) is 7.25. The number of amides is 1. The number of hydrogen-bond donors (Lipinski definition) is 1. The van der Waals surface area contributed by atoms with E-state index in [-0.39, 0.29) is 17.2 Å². The molecule has 174 valence electrons. The molecule has 4 rings (SSSR count). The van der Waals surface area contributed by atoms with Gasteiger partial charge in [0, 0.05) is 31.4 Å². The lowest BCUT2D eigenvalue weighted by Crippen LogP contribution is -2.32. The number of carbonyl (C=O) groups is 1. The van der Waals surface area contributed by atoms with Gasteiger partial charge in [0.2, 0.25) is 15.9 Å². The Bertz CT molecular complexity index is 1200. The van der Waals surface area contributed by atoms with Crippen molar-refractivity contribution in [1.82, 2.24) is 14.1 Å². The largest absolute Gasteiger partial charge is 0.326 e. The molecule has 2 heterocycles. The van der Waals surface area contributed by atoms with Crippen LogP contribution in [0.15, 0.2) is 65.8 Å². The molecule has 0 radical (unpaired) electrons. The summed E-state index contributed by atoms with van der Waals surface area (Å²) in [4.78, 5) is 12.8. The van der Waals surface area contributed by atoms with Gasteiger partial charge in [-0.2, -0.15) is 9.40 Å². The molecule has 0 unspecified atom stereocenters. The number of nitrogens with one attached hydrogen (secondary N) is 1. The molecule has 7 nitrogen and oxygen atoms in total. The summed E-state index contributed by atoms with van der Waals surface area (Å²) in [6.45, 7) is 2.89. The van der Waals surface area contributed by atoms with E-state index in [4.69, 9.17) is 0 Å². The van der Waals surface area contributed by atoms with Crippen molar-refractivity contribution < 1.29 is 13.2 Å². The van der Waals surface area contributed by atoms with Crippen molar-refractivity contribution in [2.75, 3.05) is 18.4 Å². The number of anilines is 1. The third-order valence-electron chi connectivity index (χ3n) is 5.95. The van der Waals surface area contributed by atoms with Crippen LogP contribution in [-0.2, 0) is 21.2 Å². The Balaban J connectivity index is 1.40. The van der Waals surface area contributed by atoms with Gasteiger partial charge >= 0.3 is 0 Å². The van der Waals surface area contributed by atoms with Crippen molar-refractivity contribution in [1.29, 1.82) is 0 Å². The molecule has 1 aliphatic heterocycles. The fourth-order valence-corrected chi connectivity index (χ4v) is 5.84. The van der Waals surface area contributed by atoms with E-state index in [1.54, 1.807) is 40.3 Å². The van der Waals surface area contributed by atoms with Crippen LogP contribution in [0.4, 0.5) is 5.69 Å². The molecule has 0 saturated carbocycles. The second-order valence-electron chi connectivity index (χ2n) is 8.48. The molecular weight excluding hydrogens is 436 g/mol. The lowest BCUT2D eigenvalue weighted by Gasteiger charge is -2.21. The van der Waals surface area contributed by atoms with Crippen molar-refractivity contribution in [3.8, 4) is 5.69 Å². The number of para-hydroxylation sites is 1. The van der Waals surface area contributed by atoms with Gasteiger partial charge in [-0.1, -0.05) is 37.1 Å². The van der Waals surface area contributed by atoms with Gasteiger partial charge in [-0.25, -0.2) is 13.1 Å². The van der Waals surface area contributed by atoms with Gasteiger partial charge < -0.3 is 5.32 Å². The molecule has 2 aromatic carbocycles. The van der Waals surface area contributed by atoms with E-state index in [0.29, 0.717) is 30.8 Å². The summed E-state index contributed by atoms with van der Waals surface area (Å²) < 4.78 is 29.8. The van der Waals surface area contributed by atoms with Crippen molar-refractivity contribution in [3.05, 3.63) is 72.1 Å². The molecule has 1 aromatic heterocycles. The first-order valence-corrected chi connectivity index (χ1v) is 12.9. The van der Waals surface area contributed by atoms with Gasteiger partial charge in [0.05, 0.1) is 16.8 Å². The van der Waals surface area contributed by atoms with E-state index in [2.05, 4.69) is 10.4 Å². The van der Waals surface area contributed by atoms with E-state index in [1.807, 2.05) is 36.5 Å². The summed E-state index contributed by atoms with van der Waals surface area (Å²) in [5.74, 6) is -0.163. The maximum atomic E-state index is 13.2. The van der Waals surface area contributed by atoms with Gasteiger partial charge in [0.25, 0.3) is 0 Å². The molecule has 0 atom stereocenters. The first kappa shape index (κ1) is 23.2. The number of rotatable bonds is 7. The molecule has 8 heteroatoms. The lowest BCUT2D eigenvalue weighted by molar-refractivity contribution is -0.116. The molecular formula is C25H30N4O3S. The summed E-state index contributed by atoms with van der Waals surface area (Å²) >= 11 is 0. The number of aromatic nitrogens is 2. The molecule has 0 spiro atoms. The third kappa shape index (κ3) is 5.69. The zero-order valence-electron chi connectivity index (χ0n) is 18.9. The van der Waals surface area contributed by atoms with Crippen LogP contribution in [0.1, 0.15) is 43.2 Å². The highest BCUT2D eigenvalue weighted by Crippen LogP contribution is 2.26. The average molecular weight is 467 g/mol. The van der Waals surface area contributed by atoms with E-state index >= 15 is 0 Å². The Morgan fingerprint density at radius 1 is 1.03 bits per heavy atom. The fourth-order valence-electron chi connectivity index (χ4n) is 4.07. The molecule has 33 heavy (non-hydrogen) atoms. The third-order valence-corrected chi connectivity index (χ3v) is 7.99. The van der Waals surface area contributed by atoms with E-state index in [9.17, 15) is 13.2 Å². The number of carbonyl (C=O) groups excluding carboxylic acids is 1. The Labute approximate surface area is 195 Å². The number of sulfonamides is 1. The predicted molar refractivity (Wildman–Crippen MR) is 129 cm³/mol. The minimum atomic E-state index is -3.58. The number of benzene rings is 2. The minimum Gasteiger partial charge on any atom is -0.326 e. The summed E-state index contributed by atoms with van der Waals surface area (Å²) in [6.07, 6.45) is 8.40. The van der Waals surface area contributed by atoms with Crippen LogP contribution in [0, 0.1) is 6.92 Å². The van der Waals surface area contributed by atoms with Gasteiger partial charge in [-0.15, -0.1) is 0 Å². The van der Waals surface area contributed by atoms with Crippen molar-refractivity contribution in [2.45, 2.75) is 50.3 Å². The molecule has 1 aliphatic rings. The summed E-state index contributed by atoms with van der Waals surface area (Å²) in [7, 11) is -3.58. The second-order valence-corrected chi connectivity index (χ2v) is 10.4. The maximum Gasteiger partial charge on any atom is 0.243 e. The first-order valence-electron chi connectivity index (χ1n) is 11.4. The Morgan fingerprint density at radius 3 is 2.48 bits per heavy atom. The smallest absolute Gasteiger partial charge is 0.243 e. The monoisotopic (exact) mass is 466 g/mol. The zero-order valence-corrected chi connectivity index (χ0v) is 19.7. The van der Waals surface area contributed by atoms with Crippen LogP contribution in [0.25, 0.3) is 5.69 Å². The molecule has 0 bridgehead atoms. The van der Waals surface area contributed by atoms with Crippen LogP contribution >= 0.6 is 0 Å². The lowest BCUT2D eigenvalue weighted by atomic mass is 10.2. The summed E-state index contributed by atoms with van der Waals surface area (Å²) in [5, 5.41) is 7.22. The van der Waals surface area contributed by atoms with Gasteiger partial charge in [0.1, 0.15) is 0 Å². The number of aryl methyl sites for hydroxylation is 2. The SMILES string of the molecule is Cc1ccc(NC(=O)CCc2cnn(-c3ccccc3)c2)cc1S(=O)(=O)N1CCCCCC1. The molecule has 3 aromatic rings. The second kappa shape index (κ2) is 10.3. The molecule has 1 fully saturated rings. The van der Waals surface area contributed by atoms with E-state index in [1.165, 1.54) is 0 Å². The highest BCUT2D eigenvalue weighted by Gasteiger charge is 2.27. The topological polar surface area (TPSA) is 84.3 Å². The standard InChI is InChI=1S/C25H30N4O3S/c1-20-11-13-22(17-24(20)33(31,32)28-15-7-2-3-8-16-28)27-25(30)14-12-21-18-26-29(19-21)23-9-5-4-6-10-23/h4-6,9-11,13,17-19H,2-3,7-8,12,14-16H2,1H3,(H,27,30). The van der Waals surface area contributed by atoms with Crippen LogP contribution in [0.5, 0.6) is 0 Å². The molecule has 1 amide bonds. The molecule has 1 N–H and O–H groups in total. The van der Waals surface area contributed by atoms with Crippen LogP contribution in [0.2, 0.25) is 0 Å². The molecule has 0 aliphatic carbocycles. The van der Waals surface area contributed by atoms with Crippen LogP contribution in [-0.4, -0.2) is 41.5 Å². The average Bonchev–Trinajstić information content (AvgIpc) is 3.11. The fraction of sp³-hybridized carbons (Fsp3) is 0.360. The maximum absolute atomic E-state index is 13.2. The van der Waals surface area contributed by atoms with E-state index in [0.717, 1.165) is 36.9 Å². The summed E-state index contributed by atoms with van der Waals surface area (Å²) in [5.41, 5.74) is 3.11. The Hall–Kier alpha value is -2.97. The van der Waals surface area contributed by atoms with Crippen molar-refractivity contribution >= 4 is 21.6 Å². The quantitative estimate of drug-likeness (QED) is 0.562. The number of hydrogen-bond acceptors (Lipinski definition) is 4. The highest BCUT2D eigenvalue weighted by atomic mass is 32.2. The summed E-state index contributed by atoms with van der Waals surface area (Å²) in [6, 6.07) is 14.9. The first-order chi connectivity index (χ1) is 15.9. The van der Waals surface area contributed by atoms with Crippen molar-refractivity contribution in [2.24, 2.45) is 0 Å². The van der Waals surface area contributed by atoms with Crippen LogP contribution in [0.3, 0.4) is 0 Å². The van der Waals surface area contributed by atoms with Crippen LogP contribution < -0.4 is 5.32 Å². The Morgan fingerprint density at radius 2 is 1.76 bits per heavy atom. The van der Waals surface area contributed by atoms with E-state index < -0.39 is 10.0 Å². The normalized spacial score (nSPS) is 15.2. The van der Waals surface area contributed by atoms with Gasteiger partial charge in [-0.05, 0) is 61.6 Å². The highest BCUT2D eigenvalue weighted by molar-refractivity contribution is 7.89. The minimum absolute atomic E-state index is 0.163. The zero-order chi connectivity index (χ0) is 23.3. The van der Waals surface area contributed by atoms with Crippen molar-refractivity contribution in [3.63, 3.8) is 0 Å². The number of nitrogens with zero attached hydrogens (tertiary/aromatic N) is 3. The van der Waals surface area contributed by atoms with Gasteiger partial charge in [0.15, 0.2) is 0 Å².